The molecule has 0 spiro atoms. The summed E-state index contributed by atoms with van der Waals surface area (Å²) in [5, 5.41) is 3.13. The molecule has 0 radical (unpaired) electrons. The first-order chi connectivity index (χ1) is 11.5. The first kappa shape index (κ1) is 18.4. The second-order valence-corrected chi connectivity index (χ2v) is 5.76. The van der Waals surface area contributed by atoms with E-state index in [0.717, 1.165) is 0 Å². The predicted octanol–water partition coefficient (Wildman–Crippen LogP) is 1.47. The molecule has 2 rings (SSSR count). The molecule has 0 unspecified atom stereocenters. The molecule has 1 saturated heterocycles. The monoisotopic (exact) mass is 356 g/mol. The molecule has 1 aliphatic rings. The molecule has 1 aromatic carbocycles. The third-order valence-electron chi connectivity index (χ3n) is 3.85. The molecule has 0 saturated carbocycles. The van der Waals surface area contributed by atoms with Gasteiger partial charge in [0.25, 0.3) is 0 Å². The molecule has 1 heterocycles. The number of nitrogens with zero attached hydrogens (tertiary/aromatic N) is 1. The summed E-state index contributed by atoms with van der Waals surface area (Å²) in [5.74, 6) is 0.186. The maximum absolute atomic E-state index is 12.3. The highest BCUT2D eigenvalue weighted by atomic mass is 35.5. The van der Waals surface area contributed by atoms with Gasteiger partial charge in [-0.15, -0.1) is 0 Å². The van der Waals surface area contributed by atoms with Gasteiger partial charge in [0.05, 0.1) is 37.5 Å². The number of amides is 2. The molecule has 0 bridgehead atoms. The first-order valence-corrected chi connectivity index (χ1v) is 7.88. The van der Waals surface area contributed by atoms with Crippen molar-refractivity contribution >= 4 is 29.1 Å². The van der Waals surface area contributed by atoms with Crippen molar-refractivity contribution < 1.29 is 23.8 Å². The summed E-state index contributed by atoms with van der Waals surface area (Å²) in [6.07, 6.45) is 0.144. The molecule has 7 nitrogen and oxygen atoms in total. The number of hydrogen-bond acceptors (Lipinski definition) is 5. The number of hydrogen-bond donors (Lipinski definition) is 1. The molecule has 1 aromatic rings. The second kappa shape index (κ2) is 8.21. The largest absolute Gasteiger partial charge is 0.495 e. The number of ether oxygens (including phenoxy) is 3. The van der Waals surface area contributed by atoms with Gasteiger partial charge in [-0.25, -0.2) is 0 Å². The Bertz CT molecular complexity index is 623. The lowest BCUT2D eigenvalue weighted by Crippen LogP contribution is -2.34. The lowest BCUT2D eigenvalue weighted by Gasteiger charge is -2.21. The van der Waals surface area contributed by atoms with Crippen LogP contribution in [0.5, 0.6) is 11.5 Å². The summed E-state index contributed by atoms with van der Waals surface area (Å²) in [4.78, 5) is 26.0. The van der Waals surface area contributed by atoms with Crippen LogP contribution in [0.15, 0.2) is 12.1 Å². The van der Waals surface area contributed by atoms with Crippen molar-refractivity contribution in [1.29, 1.82) is 0 Å². The van der Waals surface area contributed by atoms with Crippen LogP contribution in [0.1, 0.15) is 6.42 Å². The number of anilines is 1. The van der Waals surface area contributed by atoms with Gasteiger partial charge in [0.1, 0.15) is 11.5 Å². The number of halogens is 1. The zero-order valence-electron chi connectivity index (χ0n) is 13.9. The van der Waals surface area contributed by atoms with E-state index in [2.05, 4.69) is 5.32 Å². The maximum Gasteiger partial charge on any atom is 0.227 e. The van der Waals surface area contributed by atoms with Crippen LogP contribution in [0, 0.1) is 5.92 Å². The molecule has 1 atom stereocenters. The van der Waals surface area contributed by atoms with Crippen LogP contribution in [0.3, 0.4) is 0 Å². The van der Waals surface area contributed by atoms with Crippen LogP contribution in [0.4, 0.5) is 5.69 Å². The normalized spacial score (nSPS) is 17.1. The van der Waals surface area contributed by atoms with E-state index >= 15 is 0 Å². The van der Waals surface area contributed by atoms with Crippen molar-refractivity contribution in [2.24, 2.45) is 5.92 Å². The molecule has 132 valence electrons. The summed E-state index contributed by atoms with van der Waals surface area (Å²) in [5.41, 5.74) is 0.528. The fourth-order valence-electron chi connectivity index (χ4n) is 2.59. The summed E-state index contributed by atoms with van der Waals surface area (Å²) in [6.45, 7) is 1.12. The standard InChI is InChI=1S/C16H21ClN2O5/c1-22-5-4-18-16(21)10-6-15(20)19(9-10)12-7-11(17)13(23-2)8-14(12)24-3/h7-8,10H,4-6,9H2,1-3H3,(H,18,21)/t10-/m1/s1. The number of methoxy groups -OCH3 is 3. The lowest BCUT2D eigenvalue weighted by molar-refractivity contribution is -0.126. The Morgan fingerprint density at radius 2 is 2.00 bits per heavy atom. The Balaban J connectivity index is 2.17. The van der Waals surface area contributed by atoms with Crippen LogP contribution in [0.2, 0.25) is 5.02 Å². The van der Waals surface area contributed by atoms with Gasteiger partial charge in [0.2, 0.25) is 11.8 Å². The Hall–Kier alpha value is -1.99. The van der Waals surface area contributed by atoms with Gasteiger partial charge in [0.15, 0.2) is 0 Å². The number of carbonyl (C=O) groups excluding carboxylic acids is 2. The van der Waals surface area contributed by atoms with E-state index < -0.39 is 5.92 Å². The second-order valence-electron chi connectivity index (χ2n) is 5.35. The average Bonchev–Trinajstić information content (AvgIpc) is 2.96. The van der Waals surface area contributed by atoms with Gasteiger partial charge in [-0.2, -0.15) is 0 Å². The van der Waals surface area contributed by atoms with Gasteiger partial charge in [0, 0.05) is 32.7 Å². The minimum Gasteiger partial charge on any atom is -0.495 e. The van der Waals surface area contributed by atoms with Crippen molar-refractivity contribution in [1.82, 2.24) is 5.32 Å². The molecule has 0 aliphatic carbocycles. The fraction of sp³-hybridized carbons (Fsp3) is 0.500. The van der Waals surface area contributed by atoms with E-state index in [9.17, 15) is 9.59 Å². The van der Waals surface area contributed by atoms with Gasteiger partial charge in [-0.1, -0.05) is 11.6 Å². The topological polar surface area (TPSA) is 77.1 Å². The third-order valence-corrected chi connectivity index (χ3v) is 4.14. The summed E-state index contributed by atoms with van der Waals surface area (Å²) in [7, 11) is 4.57. The molecular weight excluding hydrogens is 336 g/mol. The quantitative estimate of drug-likeness (QED) is 0.749. The van der Waals surface area contributed by atoms with Crippen LogP contribution >= 0.6 is 11.6 Å². The van der Waals surface area contributed by atoms with E-state index in [1.54, 1.807) is 19.2 Å². The highest BCUT2D eigenvalue weighted by Gasteiger charge is 2.36. The van der Waals surface area contributed by atoms with Crippen molar-refractivity contribution in [3.63, 3.8) is 0 Å². The number of rotatable bonds is 7. The van der Waals surface area contributed by atoms with Crippen molar-refractivity contribution in [3.05, 3.63) is 17.2 Å². The van der Waals surface area contributed by atoms with E-state index in [0.29, 0.717) is 35.4 Å². The van der Waals surface area contributed by atoms with E-state index in [-0.39, 0.29) is 24.8 Å². The molecule has 24 heavy (non-hydrogen) atoms. The maximum atomic E-state index is 12.3. The molecule has 2 amide bonds. The average molecular weight is 357 g/mol. The van der Waals surface area contributed by atoms with Crippen molar-refractivity contribution in [2.45, 2.75) is 6.42 Å². The number of carbonyl (C=O) groups is 2. The minimum absolute atomic E-state index is 0.144. The molecule has 1 fully saturated rings. The molecule has 1 aliphatic heterocycles. The van der Waals surface area contributed by atoms with Crippen LogP contribution in [-0.4, -0.2) is 52.8 Å². The van der Waals surface area contributed by atoms with E-state index in [4.69, 9.17) is 25.8 Å². The van der Waals surface area contributed by atoms with Crippen LogP contribution < -0.4 is 19.7 Å². The summed E-state index contributed by atoms with van der Waals surface area (Å²) >= 11 is 6.16. The molecule has 1 N–H and O–H groups in total. The van der Waals surface area contributed by atoms with E-state index in [1.807, 2.05) is 0 Å². The predicted molar refractivity (Wildman–Crippen MR) is 89.9 cm³/mol. The smallest absolute Gasteiger partial charge is 0.227 e. The Morgan fingerprint density at radius 1 is 1.29 bits per heavy atom. The Labute approximate surface area is 145 Å². The summed E-state index contributed by atoms with van der Waals surface area (Å²) < 4.78 is 15.4. The third kappa shape index (κ3) is 3.91. The van der Waals surface area contributed by atoms with Gasteiger partial charge in [-0.05, 0) is 6.07 Å². The number of nitrogens with one attached hydrogen (secondary N) is 1. The molecular formula is C16H21ClN2O5. The van der Waals surface area contributed by atoms with Gasteiger partial charge >= 0.3 is 0 Å². The van der Waals surface area contributed by atoms with Crippen LogP contribution in [0.25, 0.3) is 0 Å². The first-order valence-electron chi connectivity index (χ1n) is 7.50. The fourth-order valence-corrected chi connectivity index (χ4v) is 2.83. The van der Waals surface area contributed by atoms with E-state index in [1.165, 1.54) is 19.1 Å². The highest BCUT2D eigenvalue weighted by molar-refractivity contribution is 6.32. The lowest BCUT2D eigenvalue weighted by atomic mass is 10.1. The zero-order chi connectivity index (χ0) is 17.7. The molecule has 8 heteroatoms. The molecule has 0 aromatic heterocycles. The Kier molecular flexibility index (Phi) is 6.28. The SMILES string of the molecule is COCCNC(=O)[C@@H]1CC(=O)N(c2cc(Cl)c(OC)cc2OC)C1. The minimum atomic E-state index is -0.417. The van der Waals surface area contributed by atoms with Gasteiger partial charge < -0.3 is 24.4 Å². The summed E-state index contributed by atoms with van der Waals surface area (Å²) in [6, 6.07) is 3.24. The van der Waals surface area contributed by atoms with Crippen molar-refractivity contribution in [2.75, 3.05) is 45.9 Å². The number of benzene rings is 1. The van der Waals surface area contributed by atoms with Gasteiger partial charge in [-0.3, -0.25) is 9.59 Å². The highest BCUT2D eigenvalue weighted by Crippen LogP contribution is 2.40. The van der Waals surface area contributed by atoms with Crippen LogP contribution in [-0.2, 0) is 14.3 Å². The van der Waals surface area contributed by atoms with Crippen molar-refractivity contribution in [3.8, 4) is 11.5 Å². The zero-order valence-corrected chi connectivity index (χ0v) is 14.7. The Morgan fingerprint density at radius 3 is 2.62 bits per heavy atom.